The minimum absolute atomic E-state index is 0.0171. The number of rotatable bonds is 23. The molecule has 0 saturated heterocycles. The normalized spacial score (nSPS) is 12.4. The minimum atomic E-state index is -0.0171. The highest BCUT2D eigenvalue weighted by molar-refractivity contribution is 5.72. The highest BCUT2D eigenvalue weighted by Gasteiger charge is 2.18. The number of aromatic nitrogens is 3. The molecule has 1 aromatic heterocycles. The number of nitrogens with one attached hydrogen (secondary N) is 1. The number of aromatic hydroxyl groups is 2. The number of methoxy groups -OCH3 is 1. The van der Waals surface area contributed by atoms with E-state index in [4.69, 9.17) is 23.9 Å². The Bertz CT molecular complexity index is 1530. The summed E-state index contributed by atoms with van der Waals surface area (Å²) in [6.45, 7) is 11.4. The van der Waals surface area contributed by atoms with Crippen molar-refractivity contribution in [2.24, 2.45) is 11.8 Å². The lowest BCUT2D eigenvalue weighted by Gasteiger charge is -2.17. The third-order valence-corrected chi connectivity index (χ3v) is 9.02. The summed E-state index contributed by atoms with van der Waals surface area (Å²) < 4.78 is 22.8. The molecule has 0 bridgehead atoms. The zero-order valence-corrected chi connectivity index (χ0v) is 31.0. The van der Waals surface area contributed by atoms with Gasteiger partial charge < -0.3 is 34.5 Å². The summed E-state index contributed by atoms with van der Waals surface area (Å²) >= 11 is 0. The molecule has 3 aromatic carbocycles. The van der Waals surface area contributed by atoms with Crippen LogP contribution in [0.2, 0.25) is 0 Å². The second-order valence-electron chi connectivity index (χ2n) is 13.0. The molecule has 10 nitrogen and oxygen atoms in total. The van der Waals surface area contributed by atoms with E-state index in [1.54, 1.807) is 31.4 Å². The number of hydrogen-bond acceptors (Lipinski definition) is 10. The van der Waals surface area contributed by atoms with Gasteiger partial charge >= 0.3 is 0 Å². The Hall–Kier alpha value is -4.41. The van der Waals surface area contributed by atoms with Crippen molar-refractivity contribution in [2.45, 2.75) is 85.7 Å². The Balaban J connectivity index is 1.61. The van der Waals surface area contributed by atoms with E-state index in [1.807, 2.05) is 36.4 Å². The molecule has 2 atom stereocenters. The Morgan fingerprint density at radius 2 is 1.20 bits per heavy atom. The number of phenolic OH excluding ortho intramolecular Hbond substituents is 2. The summed E-state index contributed by atoms with van der Waals surface area (Å²) in [5.41, 5.74) is 2.58. The first-order chi connectivity index (χ1) is 24.9. The first-order valence-corrected chi connectivity index (χ1v) is 18.5. The molecule has 0 amide bonds. The molecule has 2 unspecified atom stereocenters. The Labute approximate surface area is 303 Å². The van der Waals surface area contributed by atoms with Crippen LogP contribution >= 0.6 is 0 Å². The van der Waals surface area contributed by atoms with Gasteiger partial charge in [0.1, 0.15) is 23.0 Å². The van der Waals surface area contributed by atoms with Crippen LogP contribution in [0.25, 0.3) is 22.8 Å². The van der Waals surface area contributed by atoms with Crippen LogP contribution in [-0.4, -0.2) is 58.7 Å². The van der Waals surface area contributed by atoms with Crippen molar-refractivity contribution >= 4 is 11.6 Å². The molecule has 0 spiro atoms. The number of unbranched alkanes of at least 4 members (excludes halogenated alkanes) is 2. The number of nitrogens with zero attached hydrogens (tertiary/aromatic N) is 3. The van der Waals surface area contributed by atoms with Crippen LogP contribution < -0.4 is 14.8 Å². The molecule has 276 valence electrons. The zero-order valence-electron chi connectivity index (χ0n) is 31.0. The monoisotopic (exact) mass is 700 g/mol. The first-order valence-electron chi connectivity index (χ1n) is 18.5. The smallest absolute Gasteiger partial charge is 0.231 e. The molecule has 0 aliphatic carbocycles. The molecule has 3 N–H and O–H groups in total. The van der Waals surface area contributed by atoms with Gasteiger partial charge in [0.2, 0.25) is 5.95 Å². The fraction of sp³-hybridized carbons (Fsp3) is 0.488. The minimum Gasteiger partial charge on any atom is -0.507 e. The topological polar surface area (TPSA) is 128 Å². The van der Waals surface area contributed by atoms with Crippen molar-refractivity contribution in [3.63, 3.8) is 0 Å². The van der Waals surface area contributed by atoms with E-state index in [2.05, 4.69) is 43.0 Å². The van der Waals surface area contributed by atoms with E-state index in [-0.39, 0.29) is 29.1 Å². The number of phenols is 2. The van der Waals surface area contributed by atoms with Gasteiger partial charge in [-0.25, -0.2) is 4.98 Å². The first kappa shape index (κ1) is 39.4. The van der Waals surface area contributed by atoms with E-state index in [0.717, 1.165) is 49.8 Å². The average Bonchev–Trinajstić information content (AvgIpc) is 3.14. The van der Waals surface area contributed by atoms with Gasteiger partial charge in [-0.05, 0) is 66.6 Å². The standard InChI is InChI=1S/C41H56N4O6/c1-6-10-12-29(8-3)27-50-33-18-20-35(37(46)24-33)39-43-40(36-21-19-34(25-38(36)47)51-28-30(9-4)13-11-7-2)45-41(44-39)42-32-16-14-31(15-17-32)26-49-23-22-48-5/h14-21,24-25,29-30,46-47H,6-13,22-23,26-28H2,1-5H3,(H,42,43,44,45). The molecule has 0 fully saturated rings. The predicted octanol–water partition coefficient (Wildman–Crippen LogP) is 9.71. The van der Waals surface area contributed by atoms with Crippen LogP contribution in [0.4, 0.5) is 11.6 Å². The number of anilines is 2. The average molecular weight is 701 g/mol. The van der Waals surface area contributed by atoms with E-state index < -0.39 is 0 Å². The molecule has 10 heteroatoms. The van der Waals surface area contributed by atoms with Crippen molar-refractivity contribution in [3.8, 4) is 45.8 Å². The summed E-state index contributed by atoms with van der Waals surface area (Å²) in [6, 6.07) is 18.1. The Morgan fingerprint density at radius 3 is 1.65 bits per heavy atom. The van der Waals surface area contributed by atoms with Gasteiger partial charge in [0.05, 0.1) is 44.2 Å². The quantitative estimate of drug-likeness (QED) is 0.0644. The summed E-state index contributed by atoms with van der Waals surface area (Å²) in [4.78, 5) is 14.1. The molecular formula is C41H56N4O6. The van der Waals surface area contributed by atoms with Gasteiger partial charge in [0.25, 0.3) is 0 Å². The van der Waals surface area contributed by atoms with Gasteiger partial charge in [-0.1, -0.05) is 78.4 Å². The summed E-state index contributed by atoms with van der Waals surface area (Å²) in [6.07, 6.45) is 8.95. The molecule has 0 radical (unpaired) electrons. The van der Waals surface area contributed by atoms with Crippen LogP contribution in [0, 0.1) is 11.8 Å². The lowest BCUT2D eigenvalue weighted by Crippen LogP contribution is -2.11. The summed E-state index contributed by atoms with van der Waals surface area (Å²) in [7, 11) is 1.65. The molecule has 51 heavy (non-hydrogen) atoms. The second kappa shape index (κ2) is 21.1. The maximum Gasteiger partial charge on any atom is 0.231 e. The molecular weight excluding hydrogens is 644 g/mol. The van der Waals surface area contributed by atoms with Crippen molar-refractivity contribution in [1.29, 1.82) is 0 Å². The van der Waals surface area contributed by atoms with Crippen LogP contribution in [0.5, 0.6) is 23.0 Å². The molecule has 0 saturated carbocycles. The third kappa shape index (κ3) is 12.4. The molecule has 4 aromatic rings. The van der Waals surface area contributed by atoms with Gasteiger partial charge in [-0.2, -0.15) is 9.97 Å². The number of benzene rings is 3. The lowest BCUT2D eigenvalue weighted by atomic mass is 10.0. The maximum atomic E-state index is 11.2. The second-order valence-corrected chi connectivity index (χ2v) is 13.0. The highest BCUT2D eigenvalue weighted by atomic mass is 16.5. The van der Waals surface area contributed by atoms with Crippen LogP contribution in [0.1, 0.15) is 84.6 Å². The fourth-order valence-corrected chi connectivity index (χ4v) is 5.62. The van der Waals surface area contributed by atoms with E-state index >= 15 is 0 Å². The van der Waals surface area contributed by atoms with Crippen molar-refractivity contribution in [2.75, 3.05) is 38.9 Å². The molecule has 0 aliphatic rings. The van der Waals surface area contributed by atoms with E-state index in [9.17, 15) is 10.2 Å². The van der Waals surface area contributed by atoms with Gasteiger partial charge in [-0.3, -0.25) is 0 Å². The third-order valence-electron chi connectivity index (χ3n) is 9.02. The summed E-state index contributed by atoms with van der Waals surface area (Å²) in [5.74, 6) is 2.78. The maximum absolute atomic E-state index is 11.2. The largest absolute Gasteiger partial charge is 0.507 e. The van der Waals surface area contributed by atoms with Crippen molar-refractivity contribution in [1.82, 2.24) is 15.0 Å². The van der Waals surface area contributed by atoms with Crippen molar-refractivity contribution < 1.29 is 29.2 Å². The van der Waals surface area contributed by atoms with Crippen LogP contribution in [-0.2, 0) is 16.1 Å². The molecule has 0 aliphatic heterocycles. The van der Waals surface area contributed by atoms with E-state index in [0.29, 0.717) is 67.5 Å². The fourth-order valence-electron chi connectivity index (χ4n) is 5.62. The van der Waals surface area contributed by atoms with Crippen LogP contribution in [0.15, 0.2) is 60.7 Å². The summed E-state index contributed by atoms with van der Waals surface area (Å²) in [5, 5.41) is 25.6. The van der Waals surface area contributed by atoms with E-state index in [1.165, 1.54) is 12.8 Å². The van der Waals surface area contributed by atoms with Crippen molar-refractivity contribution in [3.05, 3.63) is 66.2 Å². The molecule has 1 heterocycles. The van der Waals surface area contributed by atoms with Crippen LogP contribution in [0.3, 0.4) is 0 Å². The van der Waals surface area contributed by atoms with Gasteiger partial charge in [0.15, 0.2) is 11.6 Å². The van der Waals surface area contributed by atoms with Gasteiger partial charge in [0, 0.05) is 24.9 Å². The Morgan fingerprint density at radius 1 is 0.667 bits per heavy atom. The molecule has 4 rings (SSSR count). The van der Waals surface area contributed by atoms with Gasteiger partial charge in [-0.15, -0.1) is 0 Å². The number of hydrogen-bond donors (Lipinski definition) is 3. The Kier molecular flexibility index (Phi) is 16.3. The number of ether oxygens (including phenoxy) is 4. The predicted molar refractivity (Wildman–Crippen MR) is 203 cm³/mol. The zero-order chi connectivity index (χ0) is 36.4. The SMILES string of the molecule is CCCCC(CC)COc1ccc(-c2nc(Nc3ccc(COCCOC)cc3)nc(-c3ccc(OCC(CC)CCCC)cc3O)n2)c(O)c1. The highest BCUT2D eigenvalue weighted by Crippen LogP contribution is 2.36. The lowest BCUT2D eigenvalue weighted by molar-refractivity contribution is 0.0617.